The van der Waals surface area contributed by atoms with Crippen LogP contribution in [-0.2, 0) is 0 Å². The molecule has 0 saturated heterocycles. The van der Waals surface area contributed by atoms with Gasteiger partial charge in [-0.25, -0.2) is 0 Å². The highest BCUT2D eigenvalue weighted by Crippen LogP contribution is 2.32. The van der Waals surface area contributed by atoms with E-state index in [0.717, 1.165) is 11.2 Å². The van der Waals surface area contributed by atoms with Crippen molar-refractivity contribution < 1.29 is 0 Å². The molecule has 1 aliphatic rings. The van der Waals surface area contributed by atoms with E-state index in [-0.39, 0.29) is 0 Å². The zero-order valence-corrected chi connectivity index (χ0v) is 8.94. The average Bonchev–Trinajstić information content (AvgIpc) is 2.81. The molecular formula is C9H18BrN. The van der Waals surface area contributed by atoms with Crippen LogP contribution in [0.5, 0.6) is 0 Å². The third-order valence-electron chi connectivity index (χ3n) is 2.40. The van der Waals surface area contributed by atoms with Gasteiger partial charge in [0.2, 0.25) is 0 Å². The van der Waals surface area contributed by atoms with Gasteiger partial charge in [0.15, 0.2) is 0 Å². The van der Waals surface area contributed by atoms with Crippen molar-refractivity contribution in [1.29, 1.82) is 0 Å². The Morgan fingerprint density at radius 3 is 2.55 bits per heavy atom. The lowest BCUT2D eigenvalue weighted by atomic mass is 10.3. The summed E-state index contributed by atoms with van der Waals surface area (Å²) >= 11 is 3.47. The van der Waals surface area contributed by atoms with Crippen LogP contribution >= 0.6 is 15.9 Å². The monoisotopic (exact) mass is 219 g/mol. The lowest BCUT2D eigenvalue weighted by Crippen LogP contribution is -2.26. The summed E-state index contributed by atoms with van der Waals surface area (Å²) in [4.78, 5) is 2.52. The molecule has 0 radical (unpaired) electrons. The van der Waals surface area contributed by atoms with Crippen molar-refractivity contribution in [2.24, 2.45) is 5.92 Å². The van der Waals surface area contributed by atoms with E-state index in [2.05, 4.69) is 27.8 Å². The molecule has 0 aromatic heterocycles. The van der Waals surface area contributed by atoms with Gasteiger partial charge in [-0.05, 0) is 25.4 Å². The molecule has 0 bridgehead atoms. The molecule has 0 spiro atoms. The molecule has 66 valence electrons. The molecule has 0 aliphatic heterocycles. The third-order valence-corrected chi connectivity index (χ3v) is 2.75. The molecule has 2 heteroatoms. The maximum atomic E-state index is 3.47. The predicted molar refractivity (Wildman–Crippen MR) is 53.2 cm³/mol. The fourth-order valence-corrected chi connectivity index (χ4v) is 1.82. The summed E-state index contributed by atoms with van der Waals surface area (Å²) in [7, 11) is 0. The highest BCUT2D eigenvalue weighted by Gasteiger charge is 2.21. The molecule has 0 amide bonds. The molecule has 0 atom stereocenters. The Balaban J connectivity index is 1.98. The standard InChI is InChI=1S/C9H18BrN/c1-2-11(8-6-10)7-5-9-3-4-9/h9H,2-8H2,1H3. The highest BCUT2D eigenvalue weighted by atomic mass is 79.9. The largest absolute Gasteiger partial charge is 0.303 e. The highest BCUT2D eigenvalue weighted by molar-refractivity contribution is 9.09. The molecule has 1 nitrogen and oxygen atoms in total. The van der Waals surface area contributed by atoms with Crippen LogP contribution in [0.2, 0.25) is 0 Å². The minimum Gasteiger partial charge on any atom is -0.303 e. The molecule has 0 N–H and O–H groups in total. The first-order chi connectivity index (χ1) is 5.36. The fraction of sp³-hybridized carbons (Fsp3) is 1.00. The fourth-order valence-electron chi connectivity index (χ4n) is 1.32. The Morgan fingerprint density at radius 1 is 1.36 bits per heavy atom. The van der Waals surface area contributed by atoms with Gasteiger partial charge in [0.25, 0.3) is 0 Å². The average molecular weight is 220 g/mol. The number of alkyl halides is 1. The summed E-state index contributed by atoms with van der Waals surface area (Å²) in [6.45, 7) is 5.98. The van der Waals surface area contributed by atoms with Gasteiger partial charge in [0, 0.05) is 11.9 Å². The molecule has 0 unspecified atom stereocenters. The van der Waals surface area contributed by atoms with Crippen LogP contribution < -0.4 is 0 Å². The van der Waals surface area contributed by atoms with Gasteiger partial charge < -0.3 is 4.90 Å². The van der Waals surface area contributed by atoms with Crippen LogP contribution in [0.25, 0.3) is 0 Å². The number of nitrogens with zero attached hydrogens (tertiary/aromatic N) is 1. The van der Waals surface area contributed by atoms with Crippen LogP contribution in [0.15, 0.2) is 0 Å². The third kappa shape index (κ3) is 4.12. The molecular weight excluding hydrogens is 202 g/mol. The minimum absolute atomic E-state index is 1.08. The van der Waals surface area contributed by atoms with Gasteiger partial charge in [-0.3, -0.25) is 0 Å². The van der Waals surface area contributed by atoms with E-state index < -0.39 is 0 Å². The summed E-state index contributed by atoms with van der Waals surface area (Å²) in [5.74, 6) is 1.08. The summed E-state index contributed by atoms with van der Waals surface area (Å²) in [6, 6.07) is 0. The van der Waals surface area contributed by atoms with Gasteiger partial charge in [-0.2, -0.15) is 0 Å². The van der Waals surface area contributed by atoms with Crippen LogP contribution in [-0.4, -0.2) is 29.9 Å². The normalized spacial score (nSPS) is 17.7. The SMILES string of the molecule is CCN(CCBr)CCC1CC1. The molecule has 1 rings (SSSR count). The first kappa shape index (κ1) is 9.53. The summed E-state index contributed by atoms with van der Waals surface area (Å²) in [6.07, 6.45) is 4.42. The van der Waals surface area contributed by atoms with Gasteiger partial charge >= 0.3 is 0 Å². The Kier molecular flexibility index (Phi) is 4.46. The first-order valence-corrected chi connectivity index (χ1v) is 5.77. The lowest BCUT2D eigenvalue weighted by molar-refractivity contribution is 0.296. The Labute approximate surface area is 78.3 Å². The number of halogens is 1. The van der Waals surface area contributed by atoms with Crippen molar-refractivity contribution >= 4 is 15.9 Å². The molecule has 1 aliphatic carbocycles. The van der Waals surface area contributed by atoms with Crippen LogP contribution in [0.3, 0.4) is 0 Å². The number of hydrogen-bond acceptors (Lipinski definition) is 1. The number of hydrogen-bond donors (Lipinski definition) is 0. The second kappa shape index (κ2) is 5.15. The Bertz CT molecular complexity index is 102. The van der Waals surface area contributed by atoms with Crippen LogP contribution in [0, 0.1) is 5.92 Å². The van der Waals surface area contributed by atoms with E-state index in [4.69, 9.17) is 0 Å². The molecule has 11 heavy (non-hydrogen) atoms. The van der Waals surface area contributed by atoms with Crippen molar-refractivity contribution in [2.75, 3.05) is 25.0 Å². The van der Waals surface area contributed by atoms with Crippen molar-refractivity contribution in [1.82, 2.24) is 4.90 Å². The molecule has 0 aromatic rings. The molecule has 0 heterocycles. The van der Waals surface area contributed by atoms with E-state index in [1.807, 2.05) is 0 Å². The topological polar surface area (TPSA) is 3.24 Å². The van der Waals surface area contributed by atoms with Crippen molar-refractivity contribution in [2.45, 2.75) is 26.2 Å². The molecule has 1 saturated carbocycles. The van der Waals surface area contributed by atoms with E-state index in [1.54, 1.807) is 0 Å². The van der Waals surface area contributed by atoms with E-state index in [9.17, 15) is 0 Å². The summed E-state index contributed by atoms with van der Waals surface area (Å²) in [5.41, 5.74) is 0. The van der Waals surface area contributed by atoms with Crippen molar-refractivity contribution in [3.63, 3.8) is 0 Å². The van der Waals surface area contributed by atoms with Gasteiger partial charge in [0.1, 0.15) is 0 Å². The van der Waals surface area contributed by atoms with Gasteiger partial charge in [-0.1, -0.05) is 35.7 Å². The second-order valence-corrected chi connectivity index (χ2v) is 4.15. The quantitative estimate of drug-likeness (QED) is 0.621. The second-order valence-electron chi connectivity index (χ2n) is 3.36. The predicted octanol–water partition coefficient (Wildman–Crippen LogP) is 2.50. The van der Waals surface area contributed by atoms with Gasteiger partial charge in [0.05, 0.1) is 0 Å². The maximum Gasteiger partial charge on any atom is 0.0159 e. The van der Waals surface area contributed by atoms with Crippen molar-refractivity contribution in [3.8, 4) is 0 Å². The zero-order valence-electron chi connectivity index (χ0n) is 7.35. The smallest absolute Gasteiger partial charge is 0.0159 e. The summed E-state index contributed by atoms with van der Waals surface area (Å²) in [5, 5.41) is 1.12. The summed E-state index contributed by atoms with van der Waals surface area (Å²) < 4.78 is 0. The lowest BCUT2D eigenvalue weighted by Gasteiger charge is -2.18. The minimum atomic E-state index is 1.08. The Morgan fingerprint density at radius 2 is 2.09 bits per heavy atom. The molecule has 0 aromatic carbocycles. The first-order valence-electron chi connectivity index (χ1n) is 4.65. The van der Waals surface area contributed by atoms with E-state index in [1.165, 1.54) is 38.9 Å². The zero-order chi connectivity index (χ0) is 8.10. The maximum absolute atomic E-state index is 3.47. The molecule has 1 fully saturated rings. The number of rotatable bonds is 6. The van der Waals surface area contributed by atoms with Crippen LogP contribution in [0.1, 0.15) is 26.2 Å². The Hall–Kier alpha value is 0.440. The van der Waals surface area contributed by atoms with E-state index >= 15 is 0 Å². The van der Waals surface area contributed by atoms with E-state index in [0.29, 0.717) is 0 Å². The van der Waals surface area contributed by atoms with Crippen molar-refractivity contribution in [3.05, 3.63) is 0 Å². The van der Waals surface area contributed by atoms with Gasteiger partial charge in [-0.15, -0.1) is 0 Å². The van der Waals surface area contributed by atoms with Crippen LogP contribution in [0.4, 0.5) is 0 Å².